The Kier molecular flexibility index (Phi) is 8.09. The number of hydrogen-bond acceptors (Lipinski definition) is 5. The summed E-state index contributed by atoms with van der Waals surface area (Å²) in [6.07, 6.45) is 1.51. The van der Waals surface area contributed by atoms with Gasteiger partial charge in [-0.15, -0.1) is 0 Å². The number of carboxylic acid groups (broad SMARTS) is 1. The number of aliphatic carboxylic acids is 1. The van der Waals surface area contributed by atoms with Gasteiger partial charge in [-0.05, 0) is 36.5 Å². The first-order valence-electron chi connectivity index (χ1n) is 12.8. The summed E-state index contributed by atoms with van der Waals surface area (Å²) in [4.78, 5) is 69.7. The fourth-order valence-corrected chi connectivity index (χ4v) is 5.01. The monoisotopic (exact) mass is 520 g/mol. The van der Waals surface area contributed by atoms with E-state index in [1.165, 1.54) is 4.90 Å². The average molecular weight is 521 g/mol. The molecule has 10 nitrogen and oxygen atoms in total. The molecule has 0 radical (unpaired) electrons. The lowest BCUT2D eigenvalue weighted by Gasteiger charge is -2.30. The van der Waals surface area contributed by atoms with Gasteiger partial charge in [0.1, 0.15) is 18.1 Å². The van der Waals surface area contributed by atoms with Crippen LogP contribution in [0.2, 0.25) is 0 Å². The molecule has 0 aliphatic carbocycles. The second-order valence-electron chi connectivity index (χ2n) is 9.76. The van der Waals surface area contributed by atoms with E-state index in [0.717, 1.165) is 10.1 Å². The number of carboxylic acids is 1. The number of aromatic amines is 1. The van der Waals surface area contributed by atoms with Crippen molar-refractivity contribution in [2.24, 2.45) is 5.92 Å². The molecule has 2 heterocycles. The highest BCUT2D eigenvalue weighted by atomic mass is 16.4. The third-order valence-corrected chi connectivity index (χ3v) is 7.32. The van der Waals surface area contributed by atoms with Gasteiger partial charge in [-0.3, -0.25) is 14.4 Å². The number of nitrogens with one attached hydrogen (secondary N) is 2. The number of para-hydroxylation sites is 1. The molecule has 1 fully saturated rings. The molecule has 2 aromatic carbocycles. The number of carbonyl (C=O) groups excluding carboxylic acids is 2. The van der Waals surface area contributed by atoms with Crippen molar-refractivity contribution in [2.75, 3.05) is 6.54 Å². The molecule has 10 heteroatoms. The summed E-state index contributed by atoms with van der Waals surface area (Å²) in [6.45, 7) is 3.83. The van der Waals surface area contributed by atoms with E-state index in [-0.39, 0.29) is 24.3 Å². The van der Waals surface area contributed by atoms with Crippen LogP contribution in [0.25, 0.3) is 10.9 Å². The number of aromatic nitrogens is 2. The van der Waals surface area contributed by atoms with Crippen LogP contribution < -0.4 is 16.6 Å². The molecular weight excluding hydrogens is 488 g/mol. The molecular formula is C28H32N4O6. The van der Waals surface area contributed by atoms with Crippen LogP contribution in [-0.2, 0) is 20.8 Å². The zero-order chi connectivity index (χ0) is 27.4. The molecule has 38 heavy (non-hydrogen) atoms. The fraction of sp³-hybridized carbons (Fsp3) is 0.393. The van der Waals surface area contributed by atoms with Crippen LogP contribution in [0.15, 0.2) is 64.2 Å². The first kappa shape index (κ1) is 26.8. The number of hydrogen-bond donors (Lipinski definition) is 3. The average Bonchev–Trinajstić information content (AvgIpc) is 3.41. The number of amides is 2. The van der Waals surface area contributed by atoms with Crippen molar-refractivity contribution in [1.29, 1.82) is 0 Å². The zero-order valence-corrected chi connectivity index (χ0v) is 21.4. The summed E-state index contributed by atoms with van der Waals surface area (Å²) in [5, 5.41) is 12.5. The molecule has 3 N–H and O–H groups in total. The maximum atomic E-state index is 14.0. The number of fused-ring (bicyclic) bond motifs is 1. The molecule has 1 aromatic heterocycles. The Hall–Kier alpha value is -4.21. The molecule has 4 rings (SSSR count). The minimum atomic E-state index is -1.20. The minimum absolute atomic E-state index is 0.0659. The van der Waals surface area contributed by atoms with Gasteiger partial charge in [0.15, 0.2) is 0 Å². The van der Waals surface area contributed by atoms with Crippen LogP contribution in [0.4, 0.5) is 0 Å². The van der Waals surface area contributed by atoms with Crippen molar-refractivity contribution in [3.05, 3.63) is 81.0 Å². The molecule has 1 unspecified atom stereocenters. The van der Waals surface area contributed by atoms with Gasteiger partial charge in [0.05, 0.1) is 10.9 Å². The minimum Gasteiger partial charge on any atom is -0.480 e. The van der Waals surface area contributed by atoms with Crippen LogP contribution >= 0.6 is 0 Å². The van der Waals surface area contributed by atoms with E-state index in [1.54, 1.807) is 55.5 Å². The summed E-state index contributed by atoms with van der Waals surface area (Å²) in [5.41, 5.74) is -0.200. The van der Waals surface area contributed by atoms with E-state index < -0.39 is 47.2 Å². The summed E-state index contributed by atoms with van der Waals surface area (Å²) in [6, 6.07) is 12.4. The molecule has 1 aliphatic rings. The summed E-state index contributed by atoms with van der Waals surface area (Å²) >= 11 is 0. The summed E-state index contributed by atoms with van der Waals surface area (Å²) in [7, 11) is 0. The second kappa shape index (κ2) is 11.5. The third-order valence-electron chi connectivity index (χ3n) is 7.32. The highest BCUT2D eigenvalue weighted by Gasteiger charge is 2.40. The fourth-order valence-electron chi connectivity index (χ4n) is 5.01. The van der Waals surface area contributed by atoms with Gasteiger partial charge >= 0.3 is 11.7 Å². The Balaban J connectivity index is 1.72. The maximum Gasteiger partial charge on any atom is 0.329 e. The van der Waals surface area contributed by atoms with Crippen molar-refractivity contribution in [3.8, 4) is 0 Å². The largest absolute Gasteiger partial charge is 0.480 e. The van der Waals surface area contributed by atoms with Crippen molar-refractivity contribution < 1.29 is 19.5 Å². The Bertz CT molecular complexity index is 1450. The Morgan fingerprint density at radius 3 is 2.45 bits per heavy atom. The van der Waals surface area contributed by atoms with Gasteiger partial charge in [-0.25, -0.2) is 14.2 Å². The zero-order valence-electron chi connectivity index (χ0n) is 21.4. The SMILES string of the molecule is CCC(C)[C@H](NC(=O)[C@@H]1CCCN1C(=O)[C@@H](Cc1ccccc1)n1c(=O)[nH]c2ccccc2c1=O)C(=O)O. The number of carbonyl (C=O) groups is 3. The number of nitrogens with zero attached hydrogens (tertiary/aromatic N) is 2. The van der Waals surface area contributed by atoms with Gasteiger partial charge in [0.25, 0.3) is 5.56 Å². The topological polar surface area (TPSA) is 142 Å². The smallest absolute Gasteiger partial charge is 0.329 e. The van der Waals surface area contributed by atoms with Crippen LogP contribution in [0.1, 0.15) is 44.7 Å². The van der Waals surface area contributed by atoms with Gasteiger partial charge < -0.3 is 20.3 Å². The van der Waals surface area contributed by atoms with E-state index in [0.29, 0.717) is 24.8 Å². The van der Waals surface area contributed by atoms with E-state index in [2.05, 4.69) is 10.3 Å². The van der Waals surface area contributed by atoms with Crippen molar-refractivity contribution in [1.82, 2.24) is 19.8 Å². The Labute approximate surface area is 219 Å². The van der Waals surface area contributed by atoms with Crippen molar-refractivity contribution in [3.63, 3.8) is 0 Å². The molecule has 3 aromatic rings. The number of likely N-dealkylation sites (tertiary alicyclic amines) is 1. The highest BCUT2D eigenvalue weighted by Crippen LogP contribution is 2.24. The standard InChI is InChI=1S/C28H32N4O6/c1-3-17(2)23(27(36)37)30-24(33)21-14-9-15-31(21)26(35)22(16-18-10-5-4-6-11-18)32-25(34)19-12-7-8-13-20(19)29-28(32)38/h4-8,10-13,17,21-23H,3,9,14-16H2,1-2H3,(H,29,38)(H,30,33)(H,36,37)/t17?,21-,22+,23-/m0/s1. The molecule has 1 saturated heterocycles. The Morgan fingerprint density at radius 1 is 1.08 bits per heavy atom. The summed E-state index contributed by atoms with van der Waals surface area (Å²) < 4.78 is 0.935. The molecule has 0 bridgehead atoms. The predicted molar refractivity (Wildman–Crippen MR) is 142 cm³/mol. The van der Waals surface area contributed by atoms with Crippen LogP contribution in [0.3, 0.4) is 0 Å². The lowest BCUT2D eigenvalue weighted by molar-refractivity contribution is -0.145. The number of H-pyrrole nitrogens is 1. The van der Waals surface area contributed by atoms with Crippen molar-refractivity contribution in [2.45, 2.75) is 57.7 Å². The number of rotatable bonds is 9. The molecule has 200 valence electrons. The molecule has 0 spiro atoms. The van der Waals surface area contributed by atoms with Gasteiger partial charge in [-0.2, -0.15) is 0 Å². The number of benzene rings is 2. The quantitative estimate of drug-likeness (QED) is 0.394. The highest BCUT2D eigenvalue weighted by molar-refractivity contribution is 5.92. The maximum absolute atomic E-state index is 14.0. The molecule has 4 atom stereocenters. The molecule has 1 aliphatic heterocycles. The first-order valence-corrected chi connectivity index (χ1v) is 12.8. The lowest BCUT2D eigenvalue weighted by atomic mass is 9.98. The van der Waals surface area contributed by atoms with Crippen LogP contribution in [-0.4, -0.2) is 56.0 Å². The van der Waals surface area contributed by atoms with Gasteiger partial charge in [-0.1, -0.05) is 62.7 Å². The van der Waals surface area contributed by atoms with E-state index in [4.69, 9.17) is 0 Å². The second-order valence-corrected chi connectivity index (χ2v) is 9.76. The lowest BCUT2D eigenvalue weighted by Crippen LogP contribution is -2.54. The Morgan fingerprint density at radius 2 is 1.76 bits per heavy atom. The van der Waals surface area contributed by atoms with Gasteiger partial charge in [0.2, 0.25) is 11.8 Å². The van der Waals surface area contributed by atoms with E-state index in [9.17, 15) is 29.1 Å². The van der Waals surface area contributed by atoms with E-state index >= 15 is 0 Å². The van der Waals surface area contributed by atoms with Gasteiger partial charge in [0, 0.05) is 13.0 Å². The van der Waals surface area contributed by atoms with Crippen molar-refractivity contribution >= 4 is 28.7 Å². The molecule has 2 amide bonds. The predicted octanol–water partition coefficient (Wildman–Crippen LogP) is 2.08. The van der Waals surface area contributed by atoms with E-state index in [1.807, 2.05) is 13.0 Å². The normalized spacial score (nSPS) is 17.6. The molecule has 0 saturated carbocycles. The van der Waals surface area contributed by atoms with Crippen LogP contribution in [0, 0.1) is 5.92 Å². The third kappa shape index (κ3) is 5.39. The van der Waals surface area contributed by atoms with Crippen LogP contribution in [0.5, 0.6) is 0 Å². The summed E-state index contributed by atoms with van der Waals surface area (Å²) in [5.74, 6) is -2.53. The first-order chi connectivity index (χ1) is 18.2.